The number of rotatable bonds is 3. The highest BCUT2D eigenvalue weighted by Gasteiger charge is 2.32. The van der Waals surface area contributed by atoms with Gasteiger partial charge in [0, 0.05) is 12.1 Å². The smallest absolute Gasteiger partial charge is 0.227 e. The molecule has 1 heterocycles. The molecule has 0 saturated carbocycles. The largest absolute Gasteiger partial charge is 0.409 e. The summed E-state index contributed by atoms with van der Waals surface area (Å²) in [5, 5.41) is 11.6. The van der Waals surface area contributed by atoms with Crippen molar-refractivity contribution in [2.75, 3.05) is 6.54 Å². The first kappa shape index (κ1) is 14.2. The molecule has 5 nitrogen and oxygen atoms in total. The number of halogens is 2. The number of oxime groups is 1. The van der Waals surface area contributed by atoms with Crippen LogP contribution in [0.5, 0.6) is 0 Å². The van der Waals surface area contributed by atoms with E-state index < -0.39 is 17.7 Å². The van der Waals surface area contributed by atoms with Crippen molar-refractivity contribution < 1.29 is 18.8 Å². The molecule has 7 heteroatoms. The van der Waals surface area contributed by atoms with Crippen LogP contribution in [0.3, 0.4) is 0 Å². The number of nitrogens with zero attached hydrogens (tertiary/aromatic N) is 2. The van der Waals surface area contributed by atoms with Crippen LogP contribution in [-0.2, 0) is 11.2 Å². The van der Waals surface area contributed by atoms with E-state index in [1.165, 1.54) is 17.0 Å². The number of benzene rings is 1. The van der Waals surface area contributed by atoms with Crippen molar-refractivity contribution in [2.24, 2.45) is 10.9 Å². The van der Waals surface area contributed by atoms with Crippen LogP contribution in [0.15, 0.2) is 23.4 Å². The average Bonchev–Trinajstić information content (AvgIpc) is 2.92. The fourth-order valence-corrected chi connectivity index (χ4v) is 2.39. The second-order valence-electron chi connectivity index (χ2n) is 4.66. The molecule has 1 aliphatic heterocycles. The molecular formula is C13H15F2N3O2. The van der Waals surface area contributed by atoms with Gasteiger partial charge in [0.05, 0.1) is 12.5 Å². The van der Waals surface area contributed by atoms with Crippen molar-refractivity contribution in [3.8, 4) is 0 Å². The predicted octanol–water partition coefficient (Wildman–Crippen LogP) is 1.24. The fourth-order valence-electron chi connectivity index (χ4n) is 2.39. The number of nitrogens with two attached hydrogens (primary N) is 1. The highest BCUT2D eigenvalue weighted by molar-refractivity contribution is 5.91. The first-order valence-electron chi connectivity index (χ1n) is 6.24. The first-order valence-corrected chi connectivity index (χ1v) is 6.24. The minimum atomic E-state index is -1.01. The maximum Gasteiger partial charge on any atom is 0.227 e. The Morgan fingerprint density at radius 3 is 2.95 bits per heavy atom. The maximum absolute atomic E-state index is 13.5. The maximum atomic E-state index is 13.5. The Bertz CT molecular complexity index is 548. The lowest BCUT2D eigenvalue weighted by atomic mass is 10.1. The van der Waals surface area contributed by atoms with Crippen LogP contribution >= 0.6 is 0 Å². The second kappa shape index (κ2) is 5.85. The number of hydrogen-bond acceptors (Lipinski definition) is 3. The van der Waals surface area contributed by atoms with E-state index in [1.54, 1.807) is 0 Å². The number of likely N-dealkylation sites (tertiary alicyclic amines) is 1. The SMILES string of the molecule is N/C(=N/O)C1CCCN1C(=O)Cc1cccc(F)c1F. The van der Waals surface area contributed by atoms with E-state index in [9.17, 15) is 13.6 Å². The summed E-state index contributed by atoms with van der Waals surface area (Å²) < 4.78 is 26.6. The van der Waals surface area contributed by atoms with Gasteiger partial charge in [-0.3, -0.25) is 4.79 Å². The van der Waals surface area contributed by atoms with Crippen LogP contribution in [-0.4, -0.2) is 34.4 Å². The number of amidine groups is 1. The van der Waals surface area contributed by atoms with Crippen LogP contribution in [0.1, 0.15) is 18.4 Å². The standard InChI is InChI=1S/C13H15F2N3O2/c14-9-4-1-3-8(12(9)15)7-11(19)18-6-2-5-10(18)13(16)17-20/h1,3-4,10,20H,2,5-7H2,(H2,16,17). The summed E-state index contributed by atoms with van der Waals surface area (Å²) in [5.74, 6) is -2.41. The van der Waals surface area contributed by atoms with E-state index in [4.69, 9.17) is 10.9 Å². The number of amides is 1. The molecular weight excluding hydrogens is 268 g/mol. The van der Waals surface area contributed by atoms with Crippen LogP contribution in [0, 0.1) is 11.6 Å². The number of hydrogen-bond donors (Lipinski definition) is 2. The quantitative estimate of drug-likeness (QED) is 0.379. The highest BCUT2D eigenvalue weighted by atomic mass is 19.2. The summed E-state index contributed by atoms with van der Waals surface area (Å²) in [6.45, 7) is 0.455. The normalized spacial score (nSPS) is 19.4. The molecule has 0 aliphatic carbocycles. The van der Waals surface area contributed by atoms with Gasteiger partial charge in [0.25, 0.3) is 0 Å². The van der Waals surface area contributed by atoms with Crippen molar-refractivity contribution in [1.29, 1.82) is 0 Å². The monoisotopic (exact) mass is 283 g/mol. The van der Waals surface area contributed by atoms with Crippen LogP contribution in [0.4, 0.5) is 8.78 Å². The van der Waals surface area contributed by atoms with E-state index in [0.29, 0.717) is 13.0 Å². The van der Waals surface area contributed by atoms with E-state index >= 15 is 0 Å². The number of carbonyl (C=O) groups is 1. The Morgan fingerprint density at radius 1 is 1.50 bits per heavy atom. The van der Waals surface area contributed by atoms with Gasteiger partial charge in [-0.15, -0.1) is 0 Å². The molecule has 0 aromatic heterocycles. The number of carbonyl (C=O) groups excluding carboxylic acids is 1. The molecule has 2 rings (SSSR count). The highest BCUT2D eigenvalue weighted by Crippen LogP contribution is 2.20. The second-order valence-corrected chi connectivity index (χ2v) is 4.66. The van der Waals surface area contributed by atoms with Crippen LogP contribution < -0.4 is 5.73 Å². The molecule has 0 bridgehead atoms. The van der Waals surface area contributed by atoms with E-state index in [1.807, 2.05) is 0 Å². The minimum Gasteiger partial charge on any atom is -0.409 e. The third-order valence-corrected chi connectivity index (χ3v) is 3.40. The molecule has 20 heavy (non-hydrogen) atoms. The topological polar surface area (TPSA) is 78.9 Å². The predicted molar refractivity (Wildman–Crippen MR) is 68.2 cm³/mol. The van der Waals surface area contributed by atoms with Crippen molar-refractivity contribution >= 4 is 11.7 Å². The molecule has 1 atom stereocenters. The van der Waals surface area contributed by atoms with Crippen molar-refractivity contribution in [1.82, 2.24) is 4.90 Å². The first-order chi connectivity index (χ1) is 9.54. The van der Waals surface area contributed by atoms with Crippen molar-refractivity contribution in [3.63, 3.8) is 0 Å². The molecule has 0 spiro atoms. The third-order valence-electron chi connectivity index (χ3n) is 3.40. The van der Waals surface area contributed by atoms with Crippen LogP contribution in [0.2, 0.25) is 0 Å². The van der Waals surface area contributed by atoms with Gasteiger partial charge in [0.2, 0.25) is 5.91 Å². The summed E-state index contributed by atoms with van der Waals surface area (Å²) in [6.07, 6.45) is 1.06. The van der Waals surface area contributed by atoms with Gasteiger partial charge in [-0.2, -0.15) is 0 Å². The van der Waals surface area contributed by atoms with Crippen molar-refractivity contribution in [2.45, 2.75) is 25.3 Å². The van der Waals surface area contributed by atoms with Gasteiger partial charge in [-0.25, -0.2) is 8.78 Å². The molecule has 1 aliphatic rings. The Kier molecular flexibility index (Phi) is 4.16. The van der Waals surface area contributed by atoms with Gasteiger partial charge < -0.3 is 15.8 Å². The van der Waals surface area contributed by atoms with E-state index in [-0.39, 0.29) is 23.7 Å². The molecule has 1 unspecified atom stereocenters. The van der Waals surface area contributed by atoms with Crippen molar-refractivity contribution in [3.05, 3.63) is 35.4 Å². The van der Waals surface area contributed by atoms with Gasteiger partial charge in [0.15, 0.2) is 17.5 Å². The summed E-state index contributed by atoms with van der Waals surface area (Å²) in [4.78, 5) is 13.6. The lowest BCUT2D eigenvalue weighted by Crippen LogP contribution is -2.44. The zero-order valence-electron chi connectivity index (χ0n) is 10.7. The third kappa shape index (κ3) is 2.71. The Hall–Kier alpha value is -2.18. The zero-order chi connectivity index (χ0) is 14.7. The summed E-state index contributed by atoms with van der Waals surface area (Å²) in [7, 11) is 0. The molecule has 108 valence electrons. The van der Waals surface area contributed by atoms with Gasteiger partial charge in [-0.05, 0) is 18.9 Å². The molecule has 0 radical (unpaired) electrons. The van der Waals surface area contributed by atoms with Gasteiger partial charge in [-0.1, -0.05) is 17.3 Å². The fraction of sp³-hybridized carbons (Fsp3) is 0.385. The molecule has 1 saturated heterocycles. The molecule has 1 amide bonds. The molecule has 3 N–H and O–H groups in total. The van der Waals surface area contributed by atoms with E-state index in [0.717, 1.165) is 12.5 Å². The minimum absolute atomic E-state index is 0.000147. The van der Waals surface area contributed by atoms with Crippen LogP contribution in [0.25, 0.3) is 0 Å². The van der Waals surface area contributed by atoms with Gasteiger partial charge in [0.1, 0.15) is 0 Å². The summed E-state index contributed by atoms with van der Waals surface area (Å²) >= 11 is 0. The van der Waals surface area contributed by atoms with E-state index in [2.05, 4.69) is 5.16 Å². The Labute approximate surface area is 114 Å². The lowest BCUT2D eigenvalue weighted by molar-refractivity contribution is -0.130. The Balaban J connectivity index is 2.14. The van der Waals surface area contributed by atoms with Gasteiger partial charge >= 0.3 is 0 Å². The molecule has 1 fully saturated rings. The summed E-state index contributed by atoms with van der Waals surface area (Å²) in [6, 6.07) is 3.24. The Morgan fingerprint density at radius 2 is 2.25 bits per heavy atom. The zero-order valence-corrected chi connectivity index (χ0v) is 10.7. The molecule has 1 aromatic carbocycles. The summed E-state index contributed by atoms with van der Waals surface area (Å²) in [5.41, 5.74) is 5.53. The lowest BCUT2D eigenvalue weighted by Gasteiger charge is -2.23. The molecule has 1 aromatic rings. The average molecular weight is 283 g/mol.